The van der Waals surface area contributed by atoms with Gasteiger partial charge in [-0.25, -0.2) is 0 Å². The Bertz CT molecular complexity index is 549. The van der Waals surface area contributed by atoms with Crippen molar-refractivity contribution < 1.29 is 9.90 Å². The third kappa shape index (κ3) is 2.14. The number of tetrazole rings is 1. The second-order valence-electron chi connectivity index (χ2n) is 4.28. The van der Waals surface area contributed by atoms with Gasteiger partial charge in [0.25, 0.3) is 0 Å². The van der Waals surface area contributed by atoms with Crippen LogP contribution in [0.3, 0.4) is 0 Å². The lowest BCUT2D eigenvalue weighted by Gasteiger charge is -2.19. The first-order valence-electron chi connectivity index (χ1n) is 5.00. The number of nitrogens with zero attached hydrogens (tertiary/aromatic N) is 5. The number of anilines is 1. The molecule has 0 spiro atoms. The van der Waals surface area contributed by atoms with Crippen LogP contribution in [0.4, 0.5) is 5.82 Å². The van der Waals surface area contributed by atoms with E-state index in [4.69, 9.17) is 5.11 Å². The van der Waals surface area contributed by atoms with Crippen LogP contribution in [0.1, 0.15) is 13.8 Å². The molecule has 2 N–H and O–H groups in total. The van der Waals surface area contributed by atoms with Crippen LogP contribution < -0.4 is 5.32 Å². The quantitative estimate of drug-likeness (QED) is 0.772. The Balaban J connectivity index is 2.19. The van der Waals surface area contributed by atoms with Crippen LogP contribution in [-0.4, -0.2) is 42.6 Å². The average molecular weight is 236 g/mol. The number of hydrogen-bond donors (Lipinski definition) is 2. The van der Waals surface area contributed by atoms with E-state index in [1.54, 1.807) is 20.0 Å². The fourth-order valence-corrected chi connectivity index (χ4v) is 1.18. The third-order valence-electron chi connectivity index (χ3n) is 2.40. The Kier molecular flexibility index (Phi) is 2.62. The van der Waals surface area contributed by atoms with Gasteiger partial charge in [-0.2, -0.15) is 4.52 Å². The summed E-state index contributed by atoms with van der Waals surface area (Å²) in [4.78, 5) is 14.9. The lowest BCUT2D eigenvalue weighted by molar-refractivity contribution is -0.146. The van der Waals surface area contributed by atoms with Gasteiger partial charge in [0.05, 0.1) is 17.8 Å². The zero-order valence-corrected chi connectivity index (χ0v) is 9.45. The lowest BCUT2D eigenvalue weighted by Crippen LogP contribution is -2.32. The van der Waals surface area contributed by atoms with Crippen LogP contribution in [0, 0.1) is 5.41 Å². The van der Waals surface area contributed by atoms with Gasteiger partial charge in [0.1, 0.15) is 5.82 Å². The maximum atomic E-state index is 11.0. The summed E-state index contributed by atoms with van der Waals surface area (Å²) in [5.74, 6) is -0.316. The van der Waals surface area contributed by atoms with E-state index in [2.05, 4.69) is 25.8 Å². The largest absolute Gasteiger partial charge is 0.481 e. The minimum Gasteiger partial charge on any atom is -0.481 e. The molecule has 0 bridgehead atoms. The molecule has 0 aliphatic rings. The van der Waals surface area contributed by atoms with Crippen molar-refractivity contribution >= 4 is 17.4 Å². The highest BCUT2D eigenvalue weighted by molar-refractivity contribution is 5.74. The highest BCUT2D eigenvalue weighted by Crippen LogP contribution is 2.16. The maximum Gasteiger partial charge on any atom is 0.310 e. The van der Waals surface area contributed by atoms with Crippen LogP contribution in [0.25, 0.3) is 5.65 Å². The van der Waals surface area contributed by atoms with E-state index in [9.17, 15) is 4.79 Å². The molecule has 0 amide bonds. The summed E-state index contributed by atoms with van der Waals surface area (Å²) in [6.07, 6.45) is 3.06. The van der Waals surface area contributed by atoms with Crippen LogP contribution in [0.15, 0.2) is 12.4 Å². The number of carboxylic acid groups (broad SMARTS) is 1. The molecule has 0 atom stereocenters. The van der Waals surface area contributed by atoms with Crippen molar-refractivity contribution in [1.82, 2.24) is 25.0 Å². The number of hydrogen-bond acceptors (Lipinski definition) is 6. The maximum absolute atomic E-state index is 11.0. The van der Waals surface area contributed by atoms with Gasteiger partial charge in [0.2, 0.25) is 0 Å². The standard InChI is InChI=1S/C9H12N6O2/c1-9(2,8(16)17)5-11-6-3-10-4-7-12-13-14-15(6)7/h3-4,11H,5H2,1-2H3,(H,16,17). The molecule has 2 aromatic rings. The Morgan fingerprint density at radius 3 is 3.00 bits per heavy atom. The molecular weight excluding hydrogens is 224 g/mol. The smallest absolute Gasteiger partial charge is 0.310 e. The monoisotopic (exact) mass is 236 g/mol. The summed E-state index contributed by atoms with van der Waals surface area (Å²) >= 11 is 0. The van der Waals surface area contributed by atoms with Crippen molar-refractivity contribution in [1.29, 1.82) is 0 Å². The van der Waals surface area contributed by atoms with E-state index >= 15 is 0 Å². The van der Waals surface area contributed by atoms with Gasteiger partial charge in [-0.1, -0.05) is 0 Å². The van der Waals surface area contributed by atoms with Gasteiger partial charge < -0.3 is 10.4 Å². The first-order valence-corrected chi connectivity index (χ1v) is 5.00. The number of rotatable bonds is 4. The third-order valence-corrected chi connectivity index (χ3v) is 2.40. The number of carboxylic acids is 1. The molecule has 0 saturated carbocycles. The van der Waals surface area contributed by atoms with E-state index in [0.29, 0.717) is 11.5 Å². The number of fused-ring (bicyclic) bond motifs is 1. The summed E-state index contributed by atoms with van der Waals surface area (Å²) in [5, 5.41) is 23.0. The summed E-state index contributed by atoms with van der Waals surface area (Å²) in [6.45, 7) is 3.52. The number of aliphatic carboxylic acids is 1. The molecular formula is C9H12N6O2. The highest BCUT2D eigenvalue weighted by atomic mass is 16.4. The van der Waals surface area contributed by atoms with E-state index in [0.717, 1.165) is 0 Å². The molecule has 0 aliphatic heterocycles. The van der Waals surface area contributed by atoms with Gasteiger partial charge in [0, 0.05) is 6.54 Å². The summed E-state index contributed by atoms with van der Waals surface area (Å²) < 4.78 is 1.46. The Hall–Kier alpha value is -2.25. The van der Waals surface area contributed by atoms with Gasteiger partial charge in [-0.15, -0.1) is 5.10 Å². The molecule has 90 valence electrons. The van der Waals surface area contributed by atoms with Gasteiger partial charge >= 0.3 is 5.97 Å². The topological polar surface area (TPSA) is 105 Å². The first kappa shape index (κ1) is 11.2. The molecule has 0 unspecified atom stereocenters. The predicted molar refractivity (Wildman–Crippen MR) is 58.5 cm³/mol. The van der Waals surface area contributed by atoms with Gasteiger partial charge in [-0.05, 0) is 24.3 Å². The van der Waals surface area contributed by atoms with Crippen molar-refractivity contribution in [2.45, 2.75) is 13.8 Å². The van der Waals surface area contributed by atoms with Crippen LogP contribution in [0.5, 0.6) is 0 Å². The number of carbonyl (C=O) groups is 1. The zero-order chi connectivity index (χ0) is 12.5. The number of nitrogens with one attached hydrogen (secondary N) is 1. The number of aromatic nitrogens is 5. The summed E-state index contributed by atoms with van der Waals surface area (Å²) in [5.41, 5.74) is -0.376. The second kappa shape index (κ2) is 3.96. The van der Waals surface area contributed by atoms with Crippen LogP contribution >= 0.6 is 0 Å². The molecule has 0 fully saturated rings. The SMILES string of the molecule is CC(C)(CNc1cncc2nnnn12)C(=O)O. The molecule has 2 aromatic heterocycles. The van der Waals surface area contributed by atoms with Crippen molar-refractivity contribution in [3.05, 3.63) is 12.4 Å². The Labute approximate surface area is 96.7 Å². The molecule has 0 aromatic carbocycles. The minimum atomic E-state index is -0.879. The lowest BCUT2D eigenvalue weighted by atomic mass is 9.94. The normalized spacial score (nSPS) is 11.6. The molecule has 2 heterocycles. The minimum absolute atomic E-state index is 0.253. The first-order chi connectivity index (χ1) is 8.00. The van der Waals surface area contributed by atoms with E-state index in [1.807, 2.05) is 0 Å². The van der Waals surface area contributed by atoms with E-state index in [1.165, 1.54) is 10.7 Å². The molecule has 0 saturated heterocycles. The Morgan fingerprint density at radius 2 is 2.29 bits per heavy atom. The van der Waals surface area contributed by atoms with Gasteiger partial charge in [0.15, 0.2) is 5.65 Å². The van der Waals surface area contributed by atoms with Crippen LogP contribution in [0.2, 0.25) is 0 Å². The summed E-state index contributed by atoms with van der Waals surface area (Å²) in [6, 6.07) is 0. The van der Waals surface area contributed by atoms with Crippen molar-refractivity contribution in [2.24, 2.45) is 5.41 Å². The van der Waals surface area contributed by atoms with Crippen LogP contribution in [-0.2, 0) is 4.79 Å². The van der Waals surface area contributed by atoms with Gasteiger partial charge in [-0.3, -0.25) is 9.78 Å². The molecule has 0 aliphatic carbocycles. The predicted octanol–water partition coefficient (Wildman–Crippen LogP) is 0.0420. The molecule has 17 heavy (non-hydrogen) atoms. The summed E-state index contributed by atoms with van der Waals surface area (Å²) in [7, 11) is 0. The Morgan fingerprint density at radius 1 is 1.53 bits per heavy atom. The fraction of sp³-hybridized carbons (Fsp3) is 0.444. The average Bonchev–Trinajstić information content (AvgIpc) is 2.74. The zero-order valence-electron chi connectivity index (χ0n) is 9.45. The molecule has 2 rings (SSSR count). The molecule has 8 heteroatoms. The van der Waals surface area contributed by atoms with Crippen molar-refractivity contribution in [3.63, 3.8) is 0 Å². The molecule has 0 radical (unpaired) electrons. The molecule has 8 nitrogen and oxygen atoms in total. The van der Waals surface area contributed by atoms with Crippen molar-refractivity contribution in [3.8, 4) is 0 Å². The van der Waals surface area contributed by atoms with E-state index in [-0.39, 0.29) is 6.54 Å². The van der Waals surface area contributed by atoms with E-state index < -0.39 is 11.4 Å². The second-order valence-corrected chi connectivity index (χ2v) is 4.28. The highest BCUT2D eigenvalue weighted by Gasteiger charge is 2.27. The fourth-order valence-electron chi connectivity index (χ4n) is 1.18. The van der Waals surface area contributed by atoms with Crippen molar-refractivity contribution in [2.75, 3.05) is 11.9 Å².